The molecule has 0 amide bonds. The van der Waals surface area contributed by atoms with Gasteiger partial charge in [-0.1, -0.05) is 0 Å². The van der Waals surface area contributed by atoms with Crippen LogP contribution < -0.4 is 15.4 Å². The van der Waals surface area contributed by atoms with Crippen molar-refractivity contribution in [3.05, 3.63) is 12.3 Å². The van der Waals surface area contributed by atoms with Crippen LogP contribution in [0.25, 0.3) is 0 Å². The van der Waals surface area contributed by atoms with Crippen molar-refractivity contribution in [1.29, 1.82) is 0 Å². The number of aromatic nitrogens is 2. The summed E-state index contributed by atoms with van der Waals surface area (Å²) in [6, 6.07) is 2.08. The summed E-state index contributed by atoms with van der Waals surface area (Å²) < 4.78 is 5.09. The topological polar surface area (TPSA) is 64.3 Å². The lowest BCUT2D eigenvalue weighted by atomic mass is 10.1. The predicted octanol–water partition coefficient (Wildman–Crippen LogP) is 0.659. The molecule has 1 atom stereocenters. The van der Waals surface area contributed by atoms with Gasteiger partial charge in [-0.2, -0.15) is 4.98 Å². The Morgan fingerprint density at radius 2 is 2.38 bits per heavy atom. The van der Waals surface area contributed by atoms with Crippen molar-refractivity contribution < 1.29 is 4.74 Å². The zero-order chi connectivity index (χ0) is 11.5. The third-order valence-corrected chi connectivity index (χ3v) is 3.05. The van der Waals surface area contributed by atoms with Crippen LogP contribution in [0.4, 0.5) is 5.95 Å². The summed E-state index contributed by atoms with van der Waals surface area (Å²) in [5, 5.41) is 0. The molecular weight excluding hydrogens is 204 g/mol. The summed E-state index contributed by atoms with van der Waals surface area (Å²) in [5.41, 5.74) is 5.79. The molecule has 1 aromatic rings. The highest BCUT2D eigenvalue weighted by atomic mass is 16.5. The molecule has 1 saturated carbocycles. The Bertz CT molecular complexity index is 354. The fourth-order valence-corrected chi connectivity index (χ4v) is 1.91. The Balaban J connectivity index is 2.14. The molecule has 0 radical (unpaired) electrons. The molecule has 1 aromatic heterocycles. The van der Waals surface area contributed by atoms with E-state index in [1.54, 1.807) is 19.4 Å². The minimum absolute atomic E-state index is 0.340. The van der Waals surface area contributed by atoms with Crippen LogP contribution in [0.5, 0.6) is 5.88 Å². The molecule has 0 aliphatic heterocycles. The van der Waals surface area contributed by atoms with Crippen LogP contribution in [0.2, 0.25) is 0 Å². The first-order valence-electron chi connectivity index (χ1n) is 5.56. The normalized spacial score (nSPS) is 16.9. The molecule has 16 heavy (non-hydrogen) atoms. The van der Waals surface area contributed by atoms with Gasteiger partial charge in [0.25, 0.3) is 0 Å². The smallest absolute Gasteiger partial charge is 0.228 e. The Kier molecular flexibility index (Phi) is 3.24. The molecule has 88 valence electrons. The average molecular weight is 222 g/mol. The Hall–Kier alpha value is -1.36. The Labute approximate surface area is 95.6 Å². The van der Waals surface area contributed by atoms with Crippen molar-refractivity contribution in [3.8, 4) is 5.88 Å². The highest BCUT2D eigenvalue weighted by Crippen LogP contribution is 2.35. The third kappa shape index (κ3) is 2.24. The summed E-state index contributed by atoms with van der Waals surface area (Å²) >= 11 is 0. The van der Waals surface area contributed by atoms with Gasteiger partial charge in [0.05, 0.1) is 7.11 Å². The zero-order valence-corrected chi connectivity index (χ0v) is 9.76. The predicted molar refractivity (Wildman–Crippen MR) is 62.6 cm³/mol. The lowest BCUT2D eigenvalue weighted by Crippen LogP contribution is -2.40. The van der Waals surface area contributed by atoms with Crippen LogP contribution in [0.15, 0.2) is 12.3 Å². The molecule has 2 N–H and O–H groups in total. The number of anilines is 1. The molecule has 1 aliphatic carbocycles. The molecule has 5 heteroatoms. The summed E-state index contributed by atoms with van der Waals surface area (Å²) in [6.45, 7) is 0.641. The third-order valence-electron chi connectivity index (χ3n) is 3.05. The van der Waals surface area contributed by atoms with Gasteiger partial charge in [-0.3, -0.25) is 0 Å². The quantitative estimate of drug-likeness (QED) is 0.792. The van der Waals surface area contributed by atoms with Crippen LogP contribution in [0.1, 0.15) is 12.8 Å². The number of nitrogens with two attached hydrogens (primary N) is 1. The van der Waals surface area contributed by atoms with E-state index < -0.39 is 0 Å². The van der Waals surface area contributed by atoms with E-state index in [-0.39, 0.29) is 0 Å². The highest BCUT2D eigenvalue weighted by Gasteiger charge is 2.33. The fourth-order valence-electron chi connectivity index (χ4n) is 1.91. The van der Waals surface area contributed by atoms with Gasteiger partial charge in [-0.15, -0.1) is 0 Å². The first-order valence-corrected chi connectivity index (χ1v) is 5.56. The molecule has 5 nitrogen and oxygen atoms in total. The molecule has 2 rings (SSSR count). The zero-order valence-electron chi connectivity index (χ0n) is 9.76. The van der Waals surface area contributed by atoms with Crippen LogP contribution in [0, 0.1) is 5.92 Å². The minimum atomic E-state index is 0.340. The van der Waals surface area contributed by atoms with Gasteiger partial charge in [0.2, 0.25) is 11.8 Å². The van der Waals surface area contributed by atoms with E-state index in [1.165, 1.54) is 12.8 Å². The SMILES string of the molecule is COc1ccnc(N(C)C(CN)C2CC2)n1. The second-order valence-electron chi connectivity index (χ2n) is 4.15. The van der Waals surface area contributed by atoms with Gasteiger partial charge in [0.1, 0.15) is 0 Å². The molecule has 1 aliphatic rings. The van der Waals surface area contributed by atoms with Crippen molar-refractivity contribution >= 4 is 5.95 Å². The van der Waals surface area contributed by atoms with Gasteiger partial charge in [0.15, 0.2) is 0 Å². The molecule has 1 unspecified atom stereocenters. The van der Waals surface area contributed by atoms with Crippen molar-refractivity contribution in [2.24, 2.45) is 11.7 Å². The molecule has 0 saturated heterocycles. The summed E-state index contributed by atoms with van der Waals surface area (Å²) in [4.78, 5) is 10.6. The maximum atomic E-state index is 5.79. The lowest BCUT2D eigenvalue weighted by molar-refractivity contribution is 0.396. The number of hydrogen-bond acceptors (Lipinski definition) is 5. The van der Waals surface area contributed by atoms with Crippen LogP contribution in [-0.4, -0.2) is 36.7 Å². The van der Waals surface area contributed by atoms with E-state index in [0.717, 1.165) is 0 Å². The van der Waals surface area contributed by atoms with Crippen molar-refractivity contribution in [3.63, 3.8) is 0 Å². The number of methoxy groups -OCH3 is 1. The fraction of sp³-hybridized carbons (Fsp3) is 0.636. The minimum Gasteiger partial charge on any atom is -0.481 e. The standard InChI is InChI=1S/C11H18N4O/c1-15(9(7-12)8-3-4-8)11-13-6-5-10(14-11)16-2/h5-6,8-9H,3-4,7,12H2,1-2H3. The number of ether oxygens (including phenoxy) is 1. The highest BCUT2D eigenvalue weighted by molar-refractivity contribution is 5.33. The lowest BCUT2D eigenvalue weighted by Gasteiger charge is -2.27. The maximum Gasteiger partial charge on any atom is 0.228 e. The van der Waals surface area contributed by atoms with Gasteiger partial charge < -0.3 is 15.4 Å². The largest absolute Gasteiger partial charge is 0.481 e. The first-order chi connectivity index (χ1) is 7.76. The van der Waals surface area contributed by atoms with Gasteiger partial charge in [-0.05, 0) is 18.8 Å². The average Bonchev–Trinajstić information content (AvgIpc) is 3.14. The monoisotopic (exact) mass is 222 g/mol. The number of rotatable bonds is 5. The van der Waals surface area contributed by atoms with E-state index in [1.807, 2.05) is 7.05 Å². The number of likely N-dealkylation sites (N-methyl/N-ethyl adjacent to an activating group) is 1. The Morgan fingerprint density at radius 1 is 1.62 bits per heavy atom. The van der Waals surface area contributed by atoms with E-state index >= 15 is 0 Å². The number of nitrogens with zero attached hydrogens (tertiary/aromatic N) is 3. The molecule has 1 fully saturated rings. The molecule has 0 aromatic carbocycles. The Morgan fingerprint density at radius 3 is 2.94 bits per heavy atom. The summed E-state index contributed by atoms with van der Waals surface area (Å²) in [6.07, 6.45) is 4.23. The second kappa shape index (κ2) is 4.65. The van der Waals surface area contributed by atoms with Gasteiger partial charge in [-0.25, -0.2) is 4.98 Å². The van der Waals surface area contributed by atoms with Crippen molar-refractivity contribution in [2.75, 3.05) is 25.6 Å². The maximum absolute atomic E-state index is 5.79. The van der Waals surface area contributed by atoms with E-state index in [2.05, 4.69) is 14.9 Å². The van der Waals surface area contributed by atoms with Gasteiger partial charge >= 0.3 is 0 Å². The molecule has 0 spiro atoms. The van der Waals surface area contributed by atoms with Crippen LogP contribution in [-0.2, 0) is 0 Å². The van der Waals surface area contributed by atoms with Gasteiger partial charge in [0, 0.05) is 31.9 Å². The summed E-state index contributed by atoms with van der Waals surface area (Å²) in [5.74, 6) is 1.97. The van der Waals surface area contributed by atoms with E-state index in [4.69, 9.17) is 10.5 Å². The molecular formula is C11H18N4O. The second-order valence-corrected chi connectivity index (χ2v) is 4.15. The van der Waals surface area contributed by atoms with Crippen molar-refractivity contribution in [1.82, 2.24) is 9.97 Å². The van der Waals surface area contributed by atoms with Crippen LogP contribution in [0.3, 0.4) is 0 Å². The van der Waals surface area contributed by atoms with Crippen molar-refractivity contribution in [2.45, 2.75) is 18.9 Å². The first kappa shape index (κ1) is 11.1. The molecule has 0 bridgehead atoms. The van der Waals surface area contributed by atoms with E-state index in [0.29, 0.717) is 30.3 Å². The van der Waals surface area contributed by atoms with Crippen LogP contribution >= 0.6 is 0 Å². The molecule has 1 heterocycles. The number of hydrogen-bond donors (Lipinski definition) is 1. The summed E-state index contributed by atoms with van der Waals surface area (Å²) in [7, 11) is 3.60. The van der Waals surface area contributed by atoms with E-state index in [9.17, 15) is 0 Å².